The van der Waals surface area contributed by atoms with Crippen LogP contribution in [0.25, 0.3) is 0 Å². The van der Waals surface area contributed by atoms with Crippen LogP contribution in [0.1, 0.15) is 31.2 Å². The number of benzene rings is 2. The summed E-state index contributed by atoms with van der Waals surface area (Å²) in [5.74, 6) is 0.516. The molecule has 2 fully saturated rings. The van der Waals surface area contributed by atoms with Gasteiger partial charge in [0.2, 0.25) is 9.84 Å². The number of rotatable bonds is 4. The Morgan fingerprint density at radius 2 is 1.85 bits per heavy atom. The molecular formula is C21H21NO4S. The number of hydrogen-bond donors (Lipinski definition) is 0. The minimum Gasteiger partial charge on any atom is -0.360 e. The summed E-state index contributed by atoms with van der Waals surface area (Å²) in [7, 11) is -3.64. The predicted octanol–water partition coefficient (Wildman–Crippen LogP) is 3.28. The summed E-state index contributed by atoms with van der Waals surface area (Å²) in [6, 6.07) is 13.4. The number of carbonyl (C=O) groups excluding carboxylic acids is 1. The minimum absolute atomic E-state index is 0.0313. The second-order valence-electron chi connectivity index (χ2n) is 7.63. The SMILES string of the molecule is O=C1N(CC2CC2)c2ccc(S(=O)(=O)c3ccccc3)cc2C12CCCO2. The Bertz CT molecular complexity index is 1010. The van der Waals surface area contributed by atoms with E-state index >= 15 is 0 Å². The van der Waals surface area contributed by atoms with E-state index < -0.39 is 15.4 Å². The topological polar surface area (TPSA) is 63.7 Å². The fourth-order valence-corrected chi connectivity index (χ4v) is 5.49. The van der Waals surface area contributed by atoms with Gasteiger partial charge in [0, 0.05) is 18.7 Å². The zero-order chi connectivity index (χ0) is 18.6. The van der Waals surface area contributed by atoms with E-state index in [1.54, 1.807) is 48.5 Å². The summed E-state index contributed by atoms with van der Waals surface area (Å²) >= 11 is 0. The van der Waals surface area contributed by atoms with E-state index in [1.165, 1.54) is 0 Å². The molecule has 2 aromatic carbocycles. The van der Waals surface area contributed by atoms with Crippen LogP contribution >= 0.6 is 0 Å². The molecule has 0 radical (unpaired) electrons. The van der Waals surface area contributed by atoms with Gasteiger partial charge in [0.25, 0.3) is 5.91 Å². The monoisotopic (exact) mass is 383 g/mol. The highest BCUT2D eigenvalue weighted by atomic mass is 32.2. The Morgan fingerprint density at radius 1 is 1.07 bits per heavy atom. The minimum atomic E-state index is -3.64. The second-order valence-corrected chi connectivity index (χ2v) is 9.58. The van der Waals surface area contributed by atoms with Crippen molar-refractivity contribution in [1.29, 1.82) is 0 Å². The van der Waals surface area contributed by atoms with Crippen molar-refractivity contribution in [2.24, 2.45) is 5.92 Å². The summed E-state index contributed by atoms with van der Waals surface area (Å²) in [6.07, 6.45) is 3.70. The van der Waals surface area contributed by atoms with Gasteiger partial charge in [-0.05, 0) is 61.9 Å². The third-order valence-electron chi connectivity index (χ3n) is 5.81. The number of hydrogen-bond acceptors (Lipinski definition) is 4. The molecule has 5 nitrogen and oxygen atoms in total. The molecule has 2 aliphatic heterocycles. The molecule has 1 atom stereocenters. The molecule has 5 rings (SSSR count). The van der Waals surface area contributed by atoms with Crippen LogP contribution in [0.3, 0.4) is 0 Å². The normalized spacial score (nSPS) is 24.6. The fraction of sp³-hybridized carbons (Fsp3) is 0.381. The van der Waals surface area contributed by atoms with Crippen LogP contribution in [-0.4, -0.2) is 27.5 Å². The van der Waals surface area contributed by atoms with Crippen LogP contribution in [0.2, 0.25) is 0 Å². The number of ether oxygens (including phenoxy) is 1. The van der Waals surface area contributed by atoms with Gasteiger partial charge in [-0.3, -0.25) is 4.79 Å². The summed E-state index contributed by atoms with van der Waals surface area (Å²) in [5, 5.41) is 0. The zero-order valence-electron chi connectivity index (χ0n) is 14.9. The lowest BCUT2D eigenvalue weighted by molar-refractivity contribution is -0.137. The summed E-state index contributed by atoms with van der Waals surface area (Å²) in [5.41, 5.74) is 0.510. The van der Waals surface area contributed by atoms with Crippen LogP contribution in [0.5, 0.6) is 0 Å². The molecule has 1 saturated carbocycles. The number of anilines is 1. The lowest BCUT2D eigenvalue weighted by Gasteiger charge is -2.23. The molecule has 2 aromatic rings. The molecule has 1 unspecified atom stereocenters. The molecule has 2 heterocycles. The summed E-state index contributed by atoms with van der Waals surface area (Å²) in [4.78, 5) is 15.5. The van der Waals surface area contributed by atoms with Crippen molar-refractivity contribution < 1.29 is 17.9 Å². The molecule has 6 heteroatoms. The van der Waals surface area contributed by atoms with Gasteiger partial charge in [-0.2, -0.15) is 0 Å². The van der Waals surface area contributed by atoms with Gasteiger partial charge in [-0.25, -0.2) is 8.42 Å². The first kappa shape index (κ1) is 17.0. The molecular weight excluding hydrogens is 362 g/mol. The number of carbonyl (C=O) groups is 1. The molecule has 3 aliphatic rings. The molecule has 27 heavy (non-hydrogen) atoms. The van der Waals surface area contributed by atoms with Crippen LogP contribution in [0.4, 0.5) is 5.69 Å². The van der Waals surface area contributed by atoms with E-state index in [4.69, 9.17) is 4.74 Å². The van der Waals surface area contributed by atoms with E-state index in [-0.39, 0.29) is 15.7 Å². The highest BCUT2D eigenvalue weighted by molar-refractivity contribution is 7.91. The predicted molar refractivity (Wildman–Crippen MR) is 100 cm³/mol. The molecule has 1 spiro atoms. The molecule has 1 amide bonds. The van der Waals surface area contributed by atoms with E-state index in [0.717, 1.165) is 24.9 Å². The van der Waals surface area contributed by atoms with Crippen LogP contribution in [0.15, 0.2) is 58.3 Å². The average Bonchev–Trinajstić information content (AvgIpc) is 3.32. The van der Waals surface area contributed by atoms with Gasteiger partial charge in [-0.1, -0.05) is 18.2 Å². The fourth-order valence-electron chi connectivity index (χ4n) is 4.18. The Hall–Kier alpha value is -2.18. The number of fused-ring (bicyclic) bond motifs is 2. The number of sulfone groups is 1. The van der Waals surface area contributed by atoms with Gasteiger partial charge < -0.3 is 9.64 Å². The summed E-state index contributed by atoms with van der Waals surface area (Å²) in [6.45, 7) is 1.22. The third kappa shape index (κ3) is 2.54. The van der Waals surface area contributed by atoms with Crippen molar-refractivity contribution in [3.8, 4) is 0 Å². The van der Waals surface area contributed by atoms with Gasteiger partial charge >= 0.3 is 0 Å². The van der Waals surface area contributed by atoms with Gasteiger partial charge in [-0.15, -0.1) is 0 Å². The van der Waals surface area contributed by atoms with Gasteiger partial charge in [0.1, 0.15) is 0 Å². The smallest absolute Gasteiger partial charge is 0.263 e. The Labute approximate surface area is 158 Å². The van der Waals surface area contributed by atoms with E-state index in [0.29, 0.717) is 31.1 Å². The second kappa shape index (κ2) is 5.91. The van der Waals surface area contributed by atoms with Gasteiger partial charge in [0.05, 0.1) is 15.5 Å². The van der Waals surface area contributed by atoms with E-state index in [1.807, 2.05) is 4.90 Å². The van der Waals surface area contributed by atoms with E-state index in [9.17, 15) is 13.2 Å². The summed E-state index contributed by atoms with van der Waals surface area (Å²) < 4.78 is 32.1. The Kier molecular flexibility index (Phi) is 3.71. The van der Waals surface area contributed by atoms with E-state index in [2.05, 4.69) is 0 Å². The first-order chi connectivity index (χ1) is 13.0. The van der Waals surface area contributed by atoms with Crippen molar-refractivity contribution in [2.75, 3.05) is 18.1 Å². The average molecular weight is 383 g/mol. The highest BCUT2D eigenvalue weighted by Crippen LogP contribution is 2.50. The molecule has 0 bridgehead atoms. The van der Waals surface area contributed by atoms with Crippen molar-refractivity contribution in [3.63, 3.8) is 0 Å². The van der Waals surface area contributed by atoms with Crippen molar-refractivity contribution in [1.82, 2.24) is 0 Å². The largest absolute Gasteiger partial charge is 0.360 e. The van der Waals surface area contributed by atoms with Crippen LogP contribution < -0.4 is 4.90 Å². The highest BCUT2D eigenvalue weighted by Gasteiger charge is 2.54. The lowest BCUT2D eigenvalue weighted by atomic mass is 9.92. The molecule has 0 aromatic heterocycles. The first-order valence-electron chi connectivity index (χ1n) is 9.43. The van der Waals surface area contributed by atoms with Crippen LogP contribution in [0, 0.1) is 5.92 Å². The molecule has 1 aliphatic carbocycles. The van der Waals surface area contributed by atoms with Crippen molar-refractivity contribution in [2.45, 2.75) is 41.1 Å². The van der Waals surface area contributed by atoms with Gasteiger partial charge in [0.15, 0.2) is 5.60 Å². The van der Waals surface area contributed by atoms with Crippen molar-refractivity contribution >= 4 is 21.4 Å². The lowest BCUT2D eigenvalue weighted by Crippen LogP contribution is -2.40. The zero-order valence-corrected chi connectivity index (χ0v) is 15.7. The maximum atomic E-state index is 13.2. The standard InChI is InChI=1S/C21H21NO4S/c23-20-21(11-4-12-26-21)18-13-17(27(24,25)16-5-2-1-3-6-16)9-10-19(18)22(20)14-15-7-8-15/h1-3,5-6,9-10,13,15H,4,7-8,11-12,14H2. The quantitative estimate of drug-likeness (QED) is 0.813. The molecule has 140 valence electrons. The maximum absolute atomic E-state index is 13.2. The molecule has 0 N–H and O–H groups in total. The maximum Gasteiger partial charge on any atom is 0.263 e. The number of nitrogens with zero attached hydrogens (tertiary/aromatic N) is 1. The Morgan fingerprint density at radius 3 is 2.52 bits per heavy atom. The van der Waals surface area contributed by atoms with Crippen molar-refractivity contribution in [3.05, 3.63) is 54.1 Å². The number of amides is 1. The third-order valence-corrected chi connectivity index (χ3v) is 7.57. The molecule has 1 saturated heterocycles. The van der Waals surface area contributed by atoms with Crippen LogP contribution in [-0.2, 0) is 25.0 Å². The first-order valence-corrected chi connectivity index (χ1v) is 10.9. The Balaban J connectivity index is 1.63.